The molecule has 9 heteroatoms. The molecule has 0 bridgehead atoms. The van der Waals surface area contributed by atoms with Gasteiger partial charge in [-0.3, -0.25) is 4.79 Å². The molecular weight excluding hydrogens is 375 g/mol. The predicted molar refractivity (Wildman–Crippen MR) is 96.1 cm³/mol. The Morgan fingerprint density at radius 2 is 1.93 bits per heavy atom. The molecule has 0 aliphatic carbocycles. The van der Waals surface area contributed by atoms with Crippen molar-refractivity contribution in [1.82, 2.24) is 9.62 Å². The Balaban J connectivity index is 1.62. The number of rotatable bonds is 7. The van der Waals surface area contributed by atoms with Crippen molar-refractivity contribution in [3.8, 4) is 11.5 Å². The lowest BCUT2D eigenvalue weighted by Gasteiger charge is -2.20. The summed E-state index contributed by atoms with van der Waals surface area (Å²) in [5, 5.41) is 2.66. The largest absolute Gasteiger partial charge is 0.454 e. The summed E-state index contributed by atoms with van der Waals surface area (Å²) in [5.41, 5.74) is 0.985. The minimum absolute atomic E-state index is 0.157. The molecule has 0 radical (unpaired) electrons. The average Bonchev–Trinajstić information content (AvgIpc) is 3.08. The Labute approximate surface area is 156 Å². The minimum Gasteiger partial charge on any atom is -0.454 e. The summed E-state index contributed by atoms with van der Waals surface area (Å²) in [6.07, 6.45) is 0.985. The summed E-state index contributed by atoms with van der Waals surface area (Å²) in [6.45, 7) is -0.266. The van der Waals surface area contributed by atoms with Gasteiger partial charge in [-0.25, -0.2) is 12.8 Å². The van der Waals surface area contributed by atoms with Crippen molar-refractivity contribution in [3.05, 3.63) is 59.4 Å². The second-order valence-electron chi connectivity index (χ2n) is 6.09. The molecule has 0 fully saturated rings. The molecule has 7 nitrogen and oxygen atoms in total. The van der Waals surface area contributed by atoms with E-state index in [-0.39, 0.29) is 25.4 Å². The molecule has 27 heavy (non-hydrogen) atoms. The normalized spacial score (nSPS) is 13.0. The van der Waals surface area contributed by atoms with Crippen LogP contribution in [0.3, 0.4) is 0 Å². The van der Waals surface area contributed by atoms with Crippen LogP contribution in [0.5, 0.6) is 11.5 Å². The van der Waals surface area contributed by atoms with E-state index in [1.807, 2.05) is 0 Å². The summed E-state index contributed by atoms with van der Waals surface area (Å²) >= 11 is 0. The fourth-order valence-corrected chi connectivity index (χ4v) is 3.30. The number of nitrogens with zero attached hydrogens (tertiary/aromatic N) is 1. The Bertz CT molecular complexity index is 949. The van der Waals surface area contributed by atoms with Gasteiger partial charge in [0.2, 0.25) is 22.7 Å². The van der Waals surface area contributed by atoms with Crippen LogP contribution in [0.25, 0.3) is 0 Å². The summed E-state index contributed by atoms with van der Waals surface area (Å²) in [4.78, 5) is 12.2. The molecule has 1 aliphatic rings. The highest BCUT2D eigenvalue weighted by atomic mass is 32.2. The second kappa shape index (κ2) is 7.93. The molecule has 0 saturated heterocycles. The third-order valence-electron chi connectivity index (χ3n) is 4.02. The van der Waals surface area contributed by atoms with Gasteiger partial charge in [0.05, 0.1) is 12.8 Å². The topological polar surface area (TPSA) is 84.9 Å². The fraction of sp³-hybridized carbons (Fsp3) is 0.278. The van der Waals surface area contributed by atoms with Gasteiger partial charge in [-0.1, -0.05) is 24.3 Å². The lowest BCUT2D eigenvalue weighted by Crippen LogP contribution is -2.39. The molecule has 1 heterocycles. The number of hydrogen-bond acceptors (Lipinski definition) is 5. The second-order valence-corrected chi connectivity index (χ2v) is 8.07. The van der Waals surface area contributed by atoms with Gasteiger partial charge in [-0.05, 0) is 23.8 Å². The monoisotopic (exact) mass is 394 g/mol. The Hall–Kier alpha value is -2.65. The minimum atomic E-state index is -3.70. The summed E-state index contributed by atoms with van der Waals surface area (Å²) < 4.78 is 49.2. The molecule has 1 N–H and O–H groups in total. The van der Waals surface area contributed by atoms with Gasteiger partial charge in [-0.2, -0.15) is 4.31 Å². The van der Waals surface area contributed by atoms with Crippen LogP contribution in [0.2, 0.25) is 0 Å². The van der Waals surface area contributed by atoms with Crippen LogP contribution in [0.1, 0.15) is 11.1 Å². The van der Waals surface area contributed by atoms with Gasteiger partial charge in [0.15, 0.2) is 11.5 Å². The number of hydrogen-bond donors (Lipinski definition) is 1. The molecule has 0 saturated carbocycles. The van der Waals surface area contributed by atoms with Gasteiger partial charge in [0.1, 0.15) is 5.82 Å². The van der Waals surface area contributed by atoms with E-state index in [1.165, 1.54) is 18.2 Å². The maximum Gasteiger partial charge on any atom is 0.235 e. The maximum absolute atomic E-state index is 13.8. The van der Waals surface area contributed by atoms with E-state index in [2.05, 4.69) is 5.32 Å². The van der Waals surface area contributed by atoms with Crippen molar-refractivity contribution in [2.75, 3.05) is 19.6 Å². The van der Waals surface area contributed by atoms with E-state index in [1.54, 1.807) is 24.3 Å². The zero-order valence-corrected chi connectivity index (χ0v) is 15.5. The molecule has 0 atom stereocenters. The first-order valence-corrected chi connectivity index (χ1v) is 10.0. The number of amides is 1. The van der Waals surface area contributed by atoms with Crippen LogP contribution < -0.4 is 14.8 Å². The van der Waals surface area contributed by atoms with Gasteiger partial charge in [-0.15, -0.1) is 0 Å². The van der Waals surface area contributed by atoms with Crippen LogP contribution >= 0.6 is 0 Å². The van der Waals surface area contributed by atoms with Crippen LogP contribution in [-0.2, 0) is 27.9 Å². The zero-order chi connectivity index (χ0) is 19.4. The first-order chi connectivity index (χ1) is 12.8. The van der Waals surface area contributed by atoms with Crippen LogP contribution in [-0.4, -0.2) is 38.2 Å². The van der Waals surface area contributed by atoms with Crippen molar-refractivity contribution < 1.29 is 27.1 Å². The van der Waals surface area contributed by atoms with E-state index in [0.29, 0.717) is 11.5 Å². The number of sulfonamides is 1. The first kappa shape index (κ1) is 19.1. The number of halogens is 1. The molecule has 1 aliphatic heterocycles. The Morgan fingerprint density at radius 3 is 2.67 bits per heavy atom. The van der Waals surface area contributed by atoms with Gasteiger partial charge in [0.25, 0.3) is 0 Å². The maximum atomic E-state index is 13.8. The number of ether oxygens (including phenoxy) is 2. The van der Waals surface area contributed by atoms with Crippen LogP contribution in [0, 0.1) is 5.82 Å². The first-order valence-electron chi connectivity index (χ1n) is 8.16. The van der Waals surface area contributed by atoms with E-state index in [9.17, 15) is 17.6 Å². The highest BCUT2D eigenvalue weighted by Gasteiger charge is 2.22. The summed E-state index contributed by atoms with van der Waals surface area (Å²) in [5.74, 6) is 0.221. The third kappa shape index (κ3) is 4.95. The van der Waals surface area contributed by atoms with Crippen LogP contribution in [0.4, 0.5) is 4.39 Å². The number of carbonyl (C=O) groups is 1. The number of nitrogens with one attached hydrogen (secondary N) is 1. The number of carbonyl (C=O) groups excluding carboxylic acids is 1. The SMILES string of the molecule is CS(=O)(=O)N(CC(=O)NCc1ccc2c(c1)OCO2)Cc1ccccc1F. The standard InChI is InChI=1S/C18H19FN2O5S/c1-27(23,24)21(10-14-4-2-3-5-15(14)19)11-18(22)20-9-13-6-7-16-17(8-13)26-12-25-16/h2-8H,9-12H2,1H3,(H,20,22). The zero-order valence-electron chi connectivity index (χ0n) is 14.6. The molecule has 3 rings (SSSR count). The molecule has 0 spiro atoms. The molecule has 144 valence electrons. The van der Waals surface area contributed by atoms with Crippen molar-refractivity contribution in [3.63, 3.8) is 0 Å². The predicted octanol–water partition coefficient (Wildman–Crippen LogP) is 1.63. The Morgan fingerprint density at radius 1 is 1.19 bits per heavy atom. The van der Waals surface area contributed by atoms with Gasteiger partial charge >= 0.3 is 0 Å². The quantitative estimate of drug-likeness (QED) is 0.772. The van der Waals surface area contributed by atoms with Gasteiger partial charge < -0.3 is 14.8 Å². The van der Waals surface area contributed by atoms with E-state index < -0.39 is 28.3 Å². The van der Waals surface area contributed by atoms with E-state index in [4.69, 9.17) is 9.47 Å². The van der Waals surface area contributed by atoms with E-state index in [0.717, 1.165) is 16.1 Å². The van der Waals surface area contributed by atoms with E-state index >= 15 is 0 Å². The lowest BCUT2D eigenvalue weighted by atomic mass is 10.2. The molecular formula is C18H19FN2O5S. The smallest absolute Gasteiger partial charge is 0.235 e. The molecule has 0 unspecified atom stereocenters. The third-order valence-corrected chi connectivity index (χ3v) is 5.22. The highest BCUT2D eigenvalue weighted by molar-refractivity contribution is 7.88. The fourth-order valence-electron chi connectivity index (χ4n) is 2.57. The summed E-state index contributed by atoms with van der Waals surface area (Å²) in [7, 11) is -3.70. The average molecular weight is 394 g/mol. The van der Waals surface area contributed by atoms with Crippen molar-refractivity contribution in [2.24, 2.45) is 0 Å². The van der Waals surface area contributed by atoms with Crippen molar-refractivity contribution >= 4 is 15.9 Å². The Kier molecular flexibility index (Phi) is 5.62. The highest BCUT2D eigenvalue weighted by Crippen LogP contribution is 2.32. The van der Waals surface area contributed by atoms with Crippen molar-refractivity contribution in [1.29, 1.82) is 0 Å². The summed E-state index contributed by atoms with van der Waals surface area (Å²) in [6, 6.07) is 11.1. The van der Waals surface area contributed by atoms with Crippen molar-refractivity contribution in [2.45, 2.75) is 13.1 Å². The number of benzene rings is 2. The molecule has 2 aromatic rings. The number of fused-ring (bicyclic) bond motifs is 1. The lowest BCUT2D eigenvalue weighted by molar-refractivity contribution is -0.121. The molecule has 0 aromatic heterocycles. The van der Waals surface area contributed by atoms with Crippen LogP contribution in [0.15, 0.2) is 42.5 Å². The molecule has 2 aromatic carbocycles. The van der Waals surface area contributed by atoms with Gasteiger partial charge in [0, 0.05) is 18.7 Å². The molecule has 1 amide bonds.